The molecule has 0 aliphatic carbocycles. The highest BCUT2D eigenvalue weighted by Crippen LogP contribution is 2.29. The van der Waals surface area contributed by atoms with Crippen molar-refractivity contribution in [1.29, 1.82) is 0 Å². The molecule has 0 aliphatic heterocycles. The van der Waals surface area contributed by atoms with Crippen molar-refractivity contribution >= 4 is 5.91 Å². The molecule has 1 aromatic carbocycles. The minimum absolute atomic E-state index is 0.311. The van der Waals surface area contributed by atoms with Crippen LogP contribution in [0.25, 0.3) is 0 Å². The van der Waals surface area contributed by atoms with E-state index in [1.54, 1.807) is 0 Å². The molecular weight excluding hydrogens is 248 g/mol. The van der Waals surface area contributed by atoms with E-state index in [0.29, 0.717) is 12.1 Å². The first-order chi connectivity index (χ1) is 8.32. The van der Waals surface area contributed by atoms with E-state index < -0.39 is 41.1 Å². The molecule has 2 unspecified atom stereocenters. The highest BCUT2D eigenvalue weighted by Gasteiger charge is 2.24. The monoisotopic (exact) mass is 261 g/mol. The van der Waals surface area contributed by atoms with E-state index in [0.717, 1.165) is 0 Å². The van der Waals surface area contributed by atoms with Gasteiger partial charge in [0.05, 0.1) is 0 Å². The first-order valence-electron chi connectivity index (χ1n) is 5.11. The summed E-state index contributed by atoms with van der Waals surface area (Å²) in [5.74, 6) is -3.61. The summed E-state index contributed by atoms with van der Waals surface area (Å²) in [7, 11) is 0. The SMILES string of the molecule is CC(=O)NCC(O)C(O)c1cc(F)cc(F)c1O. The Morgan fingerprint density at radius 2 is 2.00 bits per heavy atom. The number of aromatic hydroxyl groups is 1. The van der Waals surface area contributed by atoms with Gasteiger partial charge in [-0.2, -0.15) is 0 Å². The molecule has 1 amide bonds. The summed E-state index contributed by atoms with van der Waals surface area (Å²) in [5.41, 5.74) is -0.481. The Hall–Kier alpha value is -1.73. The van der Waals surface area contributed by atoms with E-state index in [2.05, 4.69) is 5.32 Å². The highest BCUT2D eigenvalue weighted by molar-refractivity contribution is 5.72. The van der Waals surface area contributed by atoms with Crippen molar-refractivity contribution in [1.82, 2.24) is 5.32 Å². The summed E-state index contributed by atoms with van der Waals surface area (Å²) in [6, 6.07) is 1.16. The van der Waals surface area contributed by atoms with Crippen LogP contribution < -0.4 is 5.32 Å². The van der Waals surface area contributed by atoms with Crippen LogP contribution >= 0.6 is 0 Å². The number of amides is 1. The molecule has 5 nitrogen and oxygen atoms in total. The molecule has 1 aromatic rings. The van der Waals surface area contributed by atoms with Gasteiger partial charge in [-0.3, -0.25) is 4.79 Å². The summed E-state index contributed by atoms with van der Waals surface area (Å²) in [6.45, 7) is 0.895. The lowest BCUT2D eigenvalue weighted by Gasteiger charge is -2.19. The number of carbonyl (C=O) groups excluding carboxylic acids is 1. The Balaban J connectivity index is 2.89. The molecule has 0 saturated carbocycles. The number of aliphatic hydroxyl groups is 2. The lowest BCUT2D eigenvalue weighted by molar-refractivity contribution is -0.119. The molecule has 0 radical (unpaired) electrons. The Morgan fingerprint density at radius 1 is 1.39 bits per heavy atom. The van der Waals surface area contributed by atoms with Crippen LogP contribution in [0.1, 0.15) is 18.6 Å². The van der Waals surface area contributed by atoms with Crippen LogP contribution in [0.3, 0.4) is 0 Å². The standard InChI is InChI=1S/C11H13F2NO4/c1-5(15)14-4-9(16)11(18)7-2-6(12)3-8(13)10(7)17/h2-3,9,11,16-18H,4H2,1H3,(H,14,15). The van der Waals surface area contributed by atoms with Crippen molar-refractivity contribution in [2.45, 2.75) is 19.1 Å². The molecule has 0 saturated heterocycles. The number of aliphatic hydroxyl groups excluding tert-OH is 2. The molecule has 18 heavy (non-hydrogen) atoms. The van der Waals surface area contributed by atoms with Crippen LogP contribution in [0.15, 0.2) is 12.1 Å². The molecule has 0 heterocycles. The van der Waals surface area contributed by atoms with Crippen molar-refractivity contribution in [3.05, 3.63) is 29.3 Å². The fourth-order valence-corrected chi connectivity index (χ4v) is 1.38. The second kappa shape index (κ2) is 5.74. The third kappa shape index (κ3) is 3.38. The van der Waals surface area contributed by atoms with Crippen molar-refractivity contribution in [3.8, 4) is 5.75 Å². The number of carbonyl (C=O) groups is 1. The Morgan fingerprint density at radius 3 is 2.56 bits per heavy atom. The molecule has 0 aromatic heterocycles. The Bertz CT molecular complexity index is 453. The van der Waals surface area contributed by atoms with Crippen LogP contribution in [0.2, 0.25) is 0 Å². The summed E-state index contributed by atoms with van der Waals surface area (Å²) in [6.07, 6.45) is -3.22. The highest BCUT2D eigenvalue weighted by atomic mass is 19.1. The van der Waals surface area contributed by atoms with E-state index in [1.807, 2.05) is 0 Å². The van der Waals surface area contributed by atoms with Crippen LogP contribution in [-0.2, 0) is 4.79 Å². The zero-order valence-electron chi connectivity index (χ0n) is 9.52. The average molecular weight is 261 g/mol. The smallest absolute Gasteiger partial charge is 0.216 e. The van der Waals surface area contributed by atoms with Gasteiger partial charge >= 0.3 is 0 Å². The van der Waals surface area contributed by atoms with E-state index in [-0.39, 0.29) is 6.54 Å². The number of hydrogen-bond donors (Lipinski definition) is 4. The minimum atomic E-state index is -1.72. The van der Waals surface area contributed by atoms with Gasteiger partial charge in [-0.15, -0.1) is 0 Å². The lowest BCUT2D eigenvalue weighted by Crippen LogP contribution is -2.34. The van der Waals surface area contributed by atoms with Crippen LogP contribution in [0, 0.1) is 11.6 Å². The van der Waals surface area contributed by atoms with E-state index in [9.17, 15) is 28.9 Å². The van der Waals surface area contributed by atoms with Gasteiger partial charge < -0.3 is 20.6 Å². The van der Waals surface area contributed by atoms with Gasteiger partial charge in [0, 0.05) is 25.1 Å². The second-order valence-electron chi connectivity index (χ2n) is 3.77. The maximum atomic E-state index is 13.0. The Labute approximate surface area is 102 Å². The number of nitrogens with one attached hydrogen (secondary N) is 1. The zero-order chi connectivity index (χ0) is 13.9. The molecule has 0 fully saturated rings. The molecule has 7 heteroatoms. The largest absolute Gasteiger partial charge is 0.505 e. The first-order valence-corrected chi connectivity index (χ1v) is 5.11. The van der Waals surface area contributed by atoms with Gasteiger partial charge in [0.1, 0.15) is 18.0 Å². The van der Waals surface area contributed by atoms with Gasteiger partial charge in [0.25, 0.3) is 0 Å². The van der Waals surface area contributed by atoms with Crippen molar-refractivity contribution in [2.24, 2.45) is 0 Å². The van der Waals surface area contributed by atoms with Crippen molar-refractivity contribution in [2.75, 3.05) is 6.54 Å². The predicted octanol–water partition coefficient (Wildman–Crippen LogP) is 0.201. The number of benzene rings is 1. The number of hydrogen-bond acceptors (Lipinski definition) is 4. The first kappa shape index (κ1) is 14.3. The third-order valence-corrected chi connectivity index (χ3v) is 2.30. The van der Waals surface area contributed by atoms with E-state index in [4.69, 9.17) is 0 Å². The van der Waals surface area contributed by atoms with Gasteiger partial charge in [0.15, 0.2) is 11.6 Å². The summed E-state index contributed by atoms with van der Waals surface area (Å²) in [4.78, 5) is 10.6. The fourth-order valence-electron chi connectivity index (χ4n) is 1.38. The third-order valence-electron chi connectivity index (χ3n) is 2.30. The maximum absolute atomic E-state index is 13.0. The predicted molar refractivity (Wildman–Crippen MR) is 57.7 cm³/mol. The molecular formula is C11H13F2NO4. The molecule has 4 N–H and O–H groups in total. The number of rotatable bonds is 4. The van der Waals surface area contributed by atoms with E-state index in [1.165, 1.54) is 6.92 Å². The van der Waals surface area contributed by atoms with E-state index >= 15 is 0 Å². The fraction of sp³-hybridized carbons (Fsp3) is 0.364. The average Bonchev–Trinajstić information content (AvgIpc) is 2.29. The molecule has 100 valence electrons. The number of phenols is 1. The quantitative estimate of drug-likeness (QED) is 0.623. The zero-order valence-corrected chi connectivity index (χ0v) is 9.52. The maximum Gasteiger partial charge on any atom is 0.216 e. The normalized spacial score (nSPS) is 14.1. The van der Waals surface area contributed by atoms with Gasteiger partial charge in [-0.1, -0.05) is 0 Å². The van der Waals surface area contributed by atoms with Crippen LogP contribution in [0.5, 0.6) is 5.75 Å². The van der Waals surface area contributed by atoms with Crippen molar-refractivity contribution in [3.63, 3.8) is 0 Å². The minimum Gasteiger partial charge on any atom is -0.505 e. The summed E-state index contributed by atoms with van der Waals surface area (Å²) < 4.78 is 26.0. The van der Waals surface area contributed by atoms with Crippen LogP contribution in [0.4, 0.5) is 8.78 Å². The summed E-state index contributed by atoms with van der Waals surface area (Å²) >= 11 is 0. The molecule has 0 spiro atoms. The summed E-state index contributed by atoms with van der Waals surface area (Å²) in [5, 5.41) is 30.7. The Kier molecular flexibility index (Phi) is 4.57. The number of halogens is 2. The molecule has 1 rings (SSSR count). The van der Waals surface area contributed by atoms with Crippen molar-refractivity contribution < 1.29 is 28.9 Å². The topological polar surface area (TPSA) is 89.8 Å². The lowest BCUT2D eigenvalue weighted by atomic mass is 10.0. The van der Waals surface area contributed by atoms with Gasteiger partial charge in [-0.05, 0) is 6.07 Å². The van der Waals surface area contributed by atoms with Gasteiger partial charge in [0.2, 0.25) is 5.91 Å². The second-order valence-corrected chi connectivity index (χ2v) is 3.77. The molecule has 2 atom stereocenters. The van der Waals surface area contributed by atoms with Crippen LogP contribution in [-0.4, -0.2) is 33.9 Å². The molecule has 0 bridgehead atoms. The van der Waals surface area contributed by atoms with Gasteiger partial charge in [-0.25, -0.2) is 8.78 Å². The molecule has 0 aliphatic rings. The number of phenolic OH excluding ortho intramolecular Hbond substituents is 1.